The van der Waals surface area contributed by atoms with Crippen molar-refractivity contribution in [3.63, 3.8) is 0 Å². The molecule has 1 amide bonds. The predicted molar refractivity (Wildman–Crippen MR) is 265 cm³/mol. The number of aliphatic hydroxyl groups excluding tert-OH is 1. The lowest BCUT2D eigenvalue weighted by Gasteiger charge is -2.30. The largest absolute Gasteiger partial charge is 0.756 e. The summed E-state index contributed by atoms with van der Waals surface area (Å²) in [7, 11) is 1.28. The first-order valence-electron chi connectivity index (χ1n) is 24.9. The Hall–Kier alpha value is -2.32. The van der Waals surface area contributed by atoms with Gasteiger partial charge in [-0.05, 0) is 70.6 Å². The van der Waals surface area contributed by atoms with E-state index in [1.807, 2.05) is 21.1 Å². The summed E-state index contributed by atoms with van der Waals surface area (Å²) in [6.07, 6.45) is 60.2. The molecule has 0 saturated carbocycles. The Morgan fingerprint density at radius 2 is 0.984 bits per heavy atom. The number of hydrogen-bond donors (Lipinski definition) is 2. The molecule has 0 saturated heterocycles. The SMILES string of the molecule is CC/C=C\C/C=C\C/C=C\C/C=C\C/C=C\C/C=C\C/C=C\CCCCCCCCCC(=O)NC(COP(=O)([O-])OCC[N+](C)(C)C)C(O)CCCCCCCCCCCCC. The number of phosphoric acid groups is 1. The lowest BCUT2D eigenvalue weighted by atomic mass is 10.0. The van der Waals surface area contributed by atoms with E-state index in [1.165, 1.54) is 70.6 Å². The molecule has 3 unspecified atom stereocenters. The Morgan fingerprint density at radius 3 is 1.44 bits per heavy atom. The van der Waals surface area contributed by atoms with Crippen molar-refractivity contribution in [2.45, 2.75) is 206 Å². The lowest BCUT2D eigenvalue weighted by molar-refractivity contribution is -0.870. The van der Waals surface area contributed by atoms with Crippen LogP contribution in [0.4, 0.5) is 0 Å². The zero-order valence-corrected chi connectivity index (χ0v) is 41.4. The molecule has 358 valence electrons. The molecule has 0 radical (unpaired) electrons. The minimum absolute atomic E-state index is 0.00533. The van der Waals surface area contributed by atoms with Gasteiger partial charge in [0.05, 0.1) is 39.9 Å². The molecule has 0 aliphatic heterocycles. The maximum absolute atomic E-state index is 12.9. The molecule has 8 nitrogen and oxygen atoms in total. The molecule has 0 spiro atoms. The number of phosphoric ester groups is 1. The van der Waals surface area contributed by atoms with E-state index < -0.39 is 20.0 Å². The number of amides is 1. The maximum atomic E-state index is 12.9. The minimum Gasteiger partial charge on any atom is -0.756 e. The molecular formula is C53H95N2O6P. The van der Waals surface area contributed by atoms with Crippen LogP contribution in [-0.4, -0.2) is 68.5 Å². The maximum Gasteiger partial charge on any atom is 0.268 e. The van der Waals surface area contributed by atoms with Gasteiger partial charge in [0.1, 0.15) is 13.2 Å². The number of allylic oxidation sites excluding steroid dienone is 14. The lowest BCUT2D eigenvalue weighted by Crippen LogP contribution is -2.46. The molecule has 0 aromatic carbocycles. The third kappa shape index (κ3) is 45.7. The van der Waals surface area contributed by atoms with Crippen LogP contribution in [0.3, 0.4) is 0 Å². The average molecular weight is 887 g/mol. The quantitative estimate of drug-likeness (QED) is 0.0273. The molecule has 0 aliphatic rings. The van der Waals surface area contributed by atoms with E-state index in [-0.39, 0.29) is 19.1 Å². The fraction of sp³-hybridized carbons (Fsp3) is 0.717. The first-order chi connectivity index (χ1) is 30.0. The van der Waals surface area contributed by atoms with Crippen LogP contribution in [-0.2, 0) is 18.4 Å². The summed E-state index contributed by atoms with van der Waals surface area (Å²) < 4.78 is 23.3. The van der Waals surface area contributed by atoms with Crippen molar-refractivity contribution in [3.05, 3.63) is 85.1 Å². The number of rotatable bonds is 44. The molecule has 2 N–H and O–H groups in total. The number of carbonyl (C=O) groups excluding carboxylic acids is 1. The Bertz CT molecular complexity index is 1280. The van der Waals surface area contributed by atoms with Crippen LogP contribution >= 0.6 is 7.82 Å². The molecule has 0 fully saturated rings. The van der Waals surface area contributed by atoms with Crippen molar-refractivity contribution in [1.29, 1.82) is 0 Å². The van der Waals surface area contributed by atoms with Gasteiger partial charge in [-0.3, -0.25) is 9.36 Å². The third-order valence-electron chi connectivity index (χ3n) is 10.6. The molecule has 9 heteroatoms. The second-order valence-electron chi connectivity index (χ2n) is 17.8. The van der Waals surface area contributed by atoms with Crippen LogP contribution < -0.4 is 10.2 Å². The Labute approximate surface area is 382 Å². The second kappa shape index (κ2) is 43.9. The first kappa shape index (κ1) is 59.7. The third-order valence-corrected chi connectivity index (χ3v) is 11.6. The van der Waals surface area contributed by atoms with Crippen LogP contribution in [0, 0.1) is 0 Å². The average Bonchev–Trinajstić information content (AvgIpc) is 3.23. The summed E-state index contributed by atoms with van der Waals surface area (Å²) in [5.41, 5.74) is 0. The highest BCUT2D eigenvalue weighted by Crippen LogP contribution is 2.38. The Balaban J connectivity index is 4.22. The standard InChI is InChI=1S/C53H95N2O6P/c1-6-8-10-12-14-16-18-19-20-21-22-23-24-25-26-27-28-29-30-31-32-33-34-35-37-39-41-43-45-47-53(57)54-51(50-61-62(58,59)60-49-48-55(3,4)5)52(56)46-44-42-40-38-36-17-15-13-11-9-7-2/h8,10,14,16,19-20,22-23,25-26,28-29,31-32,51-52,56H,6-7,9,11-13,15,17-18,21,24,27,30,33-50H2,1-5H3,(H-,54,57,58,59)/b10-8-,16-14-,20-19-,23-22-,26-25-,29-28-,32-31-. The Morgan fingerprint density at radius 1 is 0.581 bits per heavy atom. The van der Waals surface area contributed by atoms with Crippen molar-refractivity contribution < 1.29 is 32.9 Å². The van der Waals surface area contributed by atoms with Crippen molar-refractivity contribution in [1.82, 2.24) is 5.32 Å². The van der Waals surface area contributed by atoms with E-state index in [2.05, 4.69) is 104 Å². The molecule has 3 atom stereocenters. The Kier molecular flexibility index (Phi) is 42.3. The van der Waals surface area contributed by atoms with Crippen LogP contribution in [0.25, 0.3) is 0 Å². The summed E-state index contributed by atoms with van der Waals surface area (Å²) in [4.78, 5) is 25.4. The van der Waals surface area contributed by atoms with Gasteiger partial charge in [0.15, 0.2) is 0 Å². The van der Waals surface area contributed by atoms with Gasteiger partial charge in [0, 0.05) is 6.42 Å². The topological polar surface area (TPSA) is 108 Å². The zero-order chi connectivity index (χ0) is 45.7. The number of nitrogens with one attached hydrogen (secondary N) is 1. The molecule has 62 heavy (non-hydrogen) atoms. The summed E-state index contributed by atoms with van der Waals surface area (Å²) in [6.45, 7) is 4.57. The van der Waals surface area contributed by atoms with Crippen molar-refractivity contribution in [2.75, 3.05) is 40.9 Å². The predicted octanol–water partition coefficient (Wildman–Crippen LogP) is 13.9. The van der Waals surface area contributed by atoms with E-state index in [0.717, 1.165) is 96.3 Å². The van der Waals surface area contributed by atoms with Gasteiger partial charge in [-0.1, -0.05) is 202 Å². The van der Waals surface area contributed by atoms with Crippen molar-refractivity contribution in [2.24, 2.45) is 0 Å². The fourth-order valence-corrected chi connectivity index (χ4v) is 7.45. The van der Waals surface area contributed by atoms with E-state index in [1.54, 1.807) is 0 Å². The highest BCUT2D eigenvalue weighted by Gasteiger charge is 2.24. The summed E-state index contributed by atoms with van der Waals surface area (Å²) in [6, 6.07) is -0.811. The molecule has 0 aromatic heterocycles. The molecule has 0 bridgehead atoms. The highest BCUT2D eigenvalue weighted by molar-refractivity contribution is 7.45. The number of quaternary nitrogens is 1. The van der Waals surface area contributed by atoms with Gasteiger partial charge in [-0.15, -0.1) is 0 Å². The number of carbonyl (C=O) groups is 1. The molecule has 0 aliphatic carbocycles. The fourth-order valence-electron chi connectivity index (χ4n) is 6.72. The molecule has 0 aromatic rings. The minimum atomic E-state index is -4.57. The van der Waals surface area contributed by atoms with Gasteiger partial charge >= 0.3 is 0 Å². The molecule has 0 heterocycles. The van der Waals surface area contributed by atoms with Crippen molar-refractivity contribution >= 4 is 13.7 Å². The van der Waals surface area contributed by atoms with Gasteiger partial charge in [-0.25, -0.2) is 0 Å². The van der Waals surface area contributed by atoms with Crippen LogP contribution in [0.5, 0.6) is 0 Å². The van der Waals surface area contributed by atoms with Crippen LogP contribution in [0.2, 0.25) is 0 Å². The van der Waals surface area contributed by atoms with E-state index in [9.17, 15) is 19.4 Å². The summed E-state index contributed by atoms with van der Waals surface area (Å²) >= 11 is 0. The second-order valence-corrected chi connectivity index (χ2v) is 19.2. The number of hydrogen-bond acceptors (Lipinski definition) is 6. The molecular weight excluding hydrogens is 792 g/mol. The van der Waals surface area contributed by atoms with Crippen molar-refractivity contribution in [3.8, 4) is 0 Å². The molecule has 0 rings (SSSR count). The van der Waals surface area contributed by atoms with E-state index in [0.29, 0.717) is 23.9 Å². The first-order valence-corrected chi connectivity index (χ1v) is 26.4. The zero-order valence-electron chi connectivity index (χ0n) is 40.5. The summed E-state index contributed by atoms with van der Waals surface area (Å²) in [5, 5.41) is 13.9. The van der Waals surface area contributed by atoms with Gasteiger partial charge in [0.2, 0.25) is 5.91 Å². The van der Waals surface area contributed by atoms with E-state index in [4.69, 9.17) is 9.05 Å². The van der Waals surface area contributed by atoms with E-state index >= 15 is 0 Å². The van der Waals surface area contributed by atoms with Gasteiger partial charge < -0.3 is 28.8 Å². The highest BCUT2D eigenvalue weighted by atomic mass is 31.2. The van der Waals surface area contributed by atoms with Gasteiger partial charge in [0.25, 0.3) is 7.82 Å². The number of unbranched alkanes of at least 4 members (excludes halogenated alkanes) is 17. The van der Waals surface area contributed by atoms with Crippen LogP contribution in [0.15, 0.2) is 85.1 Å². The summed E-state index contributed by atoms with van der Waals surface area (Å²) in [5.74, 6) is -0.181. The number of likely N-dealkylation sites (N-methyl/N-ethyl adjacent to an activating group) is 1. The van der Waals surface area contributed by atoms with Crippen LogP contribution in [0.1, 0.15) is 194 Å². The monoisotopic (exact) mass is 887 g/mol. The number of nitrogens with zero attached hydrogens (tertiary/aromatic N) is 1. The number of aliphatic hydroxyl groups is 1. The van der Waals surface area contributed by atoms with Gasteiger partial charge in [-0.2, -0.15) is 0 Å². The normalized spacial score (nSPS) is 14.9. The smallest absolute Gasteiger partial charge is 0.268 e.